The van der Waals surface area contributed by atoms with Crippen LogP contribution in [0.2, 0.25) is 0 Å². The van der Waals surface area contributed by atoms with Gasteiger partial charge >= 0.3 is 0 Å². The van der Waals surface area contributed by atoms with Gasteiger partial charge in [0.25, 0.3) is 0 Å². The minimum Gasteiger partial charge on any atom is -0.328 e. The van der Waals surface area contributed by atoms with E-state index in [4.69, 9.17) is 5.73 Å². The summed E-state index contributed by atoms with van der Waals surface area (Å²) in [5.41, 5.74) is 8.33. The molecular weight excluding hydrogens is 262 g/mol. The summed E-state index contributed by atoms with van der Waals surface area (Å²) in [5, 5.41) is 0. The first-order chi connectivity index (χ1) is 10.1. The summed E-state index contributed by atoms with van der Waals surface area (Å²) in [6.07, 6.45) is 3.07. The first-order valence-corrected chi connectivity index (χ1v) is 7.99. The molecule has 0 spiro atoms. The van der Waals surface area contributed by atoms with Crippen molar-refractivity contribution in [2.24, 2.45) is 11.7 Å². The summed E-state index contributed by atoms with van der Waals surface area (Å²) < 4.78 is 0. The molecule has 1 atom stereocenters. The van der Waals surface area contributed by atoms with Gasteiger partial charge in [-0.25, -0.2) is 0 Å². The number of amides is 1. The number of rotatable bonds is 2. The Morgan fingerprint density at radius 3 is 2.76 bits per heavy atom. The Balaban J connectivity index is 1.70. The van der Waals surface area contributed by atoms with Gasteiger partial charge in [-0.2, -0.15) is 0 Å². The summed E-state index contributed by atoms with van der Waals surface area (Å²) in [6.45, 7) is 5.46. The number of likely N-dealkylation sites (tertiary alicyclic amines) is 1. The van der Waals surface area contributed by atoms with E-state index in [1.54, 1.807) is 0 Å². The number of nitrogens with zero attached hydrogens (tertiary/aromatic N) is 2. The molecule has 0 aliphatic carbocycles. The highest BCUT2D eigenvalue weighted by atomic mass is 16.2. The van der Waals surface area contributed by atoms with Crippen LogP contribution in [0, 0.1) is 5.92 Å². The van der Waals surface area contributed by atoms with Gasteiger partial charge < -0.3 is 10.6 Å². The largest absolute Gasteiger partial charge is 0.328 e. The Kier molecular flexibility index (Phi) is 4.27. The SMILES string of the molecule is CC1Cc2ccccc2N(C(=O)CN2CCC(N)CC2)C1. The third-order valence-electron chi connectivity index (χ3n) is 4.64. The number of piperidine rings is 1. The lowest BCUT2D eigenvalue weighted by Gasteiger charge is -2.36. The number of carbonyl (C=O) groups is 1. The average molecular weight is 287 g/mol. The zero-order valence-electron chi connectivity index (χ0n) is 12.8. The average Bonchev–Trinajstić information content (AvgIpc) is 2.48. The second-order valence-electron chi connectivity index (χ2n) is 6.56. The van der Waals surface area contributed by atoms with Crippen LogP contribution in [0.3, 0.4) is 0 Å². The van der Waals surface area contributed by atoms with Crippen molar-refractivity contribution in [2.45, 2.75) is 32.2 Å². The topological polar surface area (TPSA) is 49.6 Å². The standard InChI is InChI=1S/C17H25N3O/c1-13-10-14-4-2-3-5-16(14)20(11-13)17(21)12-19-8-6-15(18)7-9-19/h2-5,13,15H,6-12,18H2,1H3. The maximum Gasteiger partial charge on any atom is 0.241 e. The normalized spacial score (nSPS) is 23.9. The first-order valence-electron chi connectivity index (χ1n) is 7.99. The molecule has 2 N–H and O–H groups in total. The zero-order valence-corrected chi connectivity index (χ0v) is 12.8. The van der Waals surface area contributed by atoms with Crippen molar-refractivity contribution in [3.8, 4) is 0 Å². The van der Waals surface area contributed by atoms with Crippen LogP contribution < -0.4 is 10.6 Å². The van der Waals surface area contributed by atoms with E-state index >= 15 is 0 Å². The van der Waals surface area contributed by atoms with Crippen LogP contribution in [0.1, 0.15) is 25.3 Å². The van der Waals surface area contributed by atoms with Gasteiger partial charge in [-0.3, -0.25) is 9.69 Å². The van der Waals surface area contributed by atoms with Gasteiger partial charge in [0.15, 0.2) is 0 Å². The lowest BCUT2D eigenvalue weighted by atomic mass is 9.94. The lowest BCUT2D eigenvalue weighted by Crippen LogP contribution is -2.48. The number of nitrogens with two attached hydrogens (primary N) is 1. The second kappa shape index (κ2) is 6.16. The summed E-state index contributed by atoms with van der Waals surface area (Å²) in [5.74, 6) is 0.753. The van der Waals surface area contributed by atoms with Crippen LogP contribution in [0.4, 0.5) is 5.69 Å². The minimum atomic E-state index is 0.226. The van der Waals surface area contributed by atoms with Gasteiger partial charge in [-0.05, 0) is 36.8 Å². The molecule has 2 heterocycles. The Hall–Kier alpha value is -1.39. The van der Waals surface area contributed by atoms with Gasteiger partial charge in [0.2, 0.25) is 5.91 Å². The van der Waals surface area contributed by atoms with E-state index in [9.17, 15) is 4.79 Å². The molecule has 0 bridgehead atoms. The third-order valence-corrected chi connectivity index (χ3v) is 4.64. The number of benzene rings is 1. The van der Waals surface area contributed by atoms with Crippen molar-refractivity contribution < 1.29 is 4.79 Å². The van der Waals surface area contributed by atoms with Crippen LogP contribution in [-0.4, -0.2) is 43.0 Å². The summed E-state index contributed by atoms with van der Waals surface area (Å²) >= 11 is 0. The highest BCUT2D eigenvalue weighted by molar-refractivity contribution is 5.96. The number of anilines is 1. The van der Waals surface area contributed by atoms with Crippen molar-refractivity contribution in [1.29, 1.82) is 0 Å². The van der Waals surface area contributed by atoms with E-state index in [1.165, 1.54) is 5.56 Å². The predicted molar refractivity (Wildman–Crippen MR) is 85.3 cm³/mol. The van der Waals surface area contributed by atoms with Crippen LogP contribution >= 0.6 is 0 Å². The molecule has 3 rings (SSSR count). The monoisotopic (exact) mass is 287 g/mol. The lowest BCUT2D eigenvalue weighted by molar-refractivity contribution is -0.120. The van der Waals surface area contributed by atoms with Crippen molar-refractivity contribution >= 4 is 11.6 Å². The predicted octanol–water partition coefficient (Wildman–Crippen LogP) is 1.63. The molecule has 114 valence electrons. The molecule has 1 aromatic carbocycles. The second-order valence-corrected chi connectivity index (χ2v) is 6.56. The molecular formula is C17H25N3O. The number of hydrogen-bond donors (Lipinski definition) is 1. The smallest absolute Gasteiger partial charge is 0.241 e. The van der Waals surface area contributed by atoms with Crippen molar-refractivity contribution in [2.75, 3.05) is 31.1 Å². The summed E-state index contributed by atoms with van der Waals surface area (Å²) in [7, 11) is 0. The molecule has 1 amide bonds. The van der Waals surface area contributed by atoms with Crippen LogP contribution in [0.5, 0.6) is 0 Å². The highest BCUT2D eigenvalue weighted by Gasteiger charge is 2.27. The van der Waals surface area contributed by atoms with E-state index in [0.717, 1.165) is 44.6 Å². The number of para-hydroxylation sites is 1. The fraction of sp³-hybridized carbons (Fsp3) is 0.588. The molecule has 1 unspecified atom stereocenters. The number of fused-ring (bicyclic) bond motifs is 1. The molecule has 0 saturated carbocycles. The van der Waals surface area contributed by atoms with Crippen LogP contribution in [0.15, 0.2) is 24.3 Å². The highest BCUT2D eigenvalue weighted by Crippen LogP contribution is 2.29. The van der Waals surface area contributed by atoms with Crippen LogP contribution in [-0.2, 0) is 11.2 Å². The number of carbonyl (C=O) groups excluding carboxylic acids is 1. The van der Waals surface area contributed by atoms with E-state index < -0.39 is 0 Å². The molecule has 4 nitrogen and oxygen atoms in total. The van der Waals surface area contributed by atoms with Gasteiger partial charge in [-0.15, -0.1) is 0 Å². The van der Waals surface area contributed by atoms with E-state index in [0.29, 0.717) is 18.5 Å². The van der Waals surface area contributed by atoms with E-state index in [1.807, 2.05) is 11.0 Å². The minimum absolute atomic E-state index is 0.226. The van der Waals surface area contributed by atoms with Crippen molar-refractivity contribution in [3.63, 3.8) is 0 Å². The van der Waals surface area contributed by atoms with E-state index in [2.05, 4.69) is 30.0 Å². The summed E-state index contributed by atoms with van der Waals surface area (Å²) in [6, 6.07) is 8.61. The van der Waals surface area contributed by atoms with Gasteiger partial charge in [0.1, 0.15) is 0 Å². The van der Waals surface area contributed by atoms with Gasteiger partial charge in [0.05, 0.1) is 6.54 Å². The van der Waals surface area contributed by atoms with Gasteiger partial charge in [-0.1, -0.05) is 25.1 Å². The molecule has 1 fully saturated rings. The van der Waals surface area contributed by atoms with Crippen molar-refractivity contribution in [1.82, 2.24) is 4.90 Å². The zero-order chi connectivity index (χ0) is 14.8. The quantitative estimate of drug-likeness (QED) is 0.899. The Morgan fingerprint density at radius 2 is 2.00 bits per heavy atom. The molecule has 1 saturated heterocycles. The van der Waals surface area contributed by atoms with Crippen molar-refractivity contribution in [3.05, 3.63) is 29.8 Å². The fourth-order valence-electron chi connectivity index (χ4n) is 3.42. The molecule has 0 radical (unpaired) electrons. The fourth-order valence-corrected chi connectivity index (χ4v) is 3.42. The van der Waals surface area contributed by atoms with Crippen LogP contribution in [0.25, 0.3) is 0 Å². The molecule has 2 aliphatic heterocycles. The third kappa shape index (κ3) is 3.27. The Morgan fingerprint density at radius 1 is 1.29 bits per heavy atom. The molecule has 0 aromatic heterocycles. The number of hydrogen-bond acceptors (Lipinski definition) is 3. The van der Waals surface area contributed by atoms with Gasteiger partial charge in [0, 0.05) is 31.4 Å². The molecule has 1 aromatic rings. The Bertz CT molecular complexity index is 509. The van der Waals surface area contributed by atoms with E-state index in [-0.39, 0.29) is 5.91 Å². The maximum atomic E-state index is 12.7. The summed E-state index contributed by atoms with van der Waals surface area (Å²) in [4.78, 5) is 16.9. The first kappa shape index (κ1) is 14.5. The Labute approximate surface area is 126 Å². The molecule has 4 heteroatoms. The molecule has 2 aliphatic rings. The maximum absolute atomic E-state index is 12.7. The molecule has 21 heavy (non-hydrogen) atoms.